The van der Waals surface area contributed by atoms with Gasteiger partial charge in [-0.15, -0.1) is 0 Å². The smallest absolute Gasteiger partial charge is 0.342 e. The molecule has 0 amide bonds. The minimum Gasteiger partial charge on any atom is -0.457 e. The molecule has 0 spiro atoms. The van der Waals surface area contributed by atoms with Gasteiger partial charge in [0.1, 0.15) is 12.2 Å². The summed E-state index contributed by atoms with van der Waals surface area (Å²) in [6.07, 6.45) is 1.46. The van der Waals surface area contributed by atoms with Crippen molar-refractivity contribution in [2.75, 3.05) is 18.5 Å². The molecular formula is C19H19N3O3. The van der Waals surface area contributed by atoms with Crippen molar-refractivity contribution < 1.29 is 14.6 Å². The molecule has 0 unspecified atom stereocenters. The second-order valence-electron chi connectivity index (χ2n) is 5.58. The summed E-state index contributed by atoms with van der Waals surface area (Å²) >= 11 is 0. The Morgan fingerprint density at radius 3 is 2.76 bits per heavy atom. The van der Waals surface area contributed by atoms with E-state index >= 15 is 0 Å². The van der Waals surface area contributed by atoms with Gasteiger partial charge in [0.25, 0.3) is 0 Å². The van der Waals surface area contributed by atoms with E-state index in [1.165, 1.54) is 6.20 Å². The lowest BCUT2D eigenvalue weighted by atomic mass is 10.1. The van der Waals surface area contributed by atoms with Gasteiger partial charge in [-0.2, -0.15) is 0 Å². The summed E-state index contributed by atoms with van der Waals surface area (Å²) in [7, 11) is 0. The van der Waals surface area contributed by atoms with Crippen LogP contribution in [0.3, 0.4) is 0 Å². The molecule has 2 aromatic heterocycles. The summed E-state index contributed by atoms with van der Waals surface area (Å²) in [4.78, 5) is 21.2. The first kappa shape index (κ1) is 16.9. The van der Waals surface area contributed by atoms with Crippen molar-refractivity contribution in [3.05, 3.63) is 65.5 Å². The van der Waals surface area contributed by atoms with Gasteiger partial charge in [-0.05, 0) is 24.6 Å². The number of aliphatic hydroxyl groups excluding tert-OH is 1. The number of hydrogen-bond acceptors (Lipinski definition) is 6. The number of fused-ring (bicyclic) bond motifs is 1. The van der Waals surface area contributed by atoms with E-state index in [2.05, 4.69) is 15.3 Å². The Kier molecular flexibility index (Phi) is 5.20. The van der Waals surface area contributed by atoms with Gasteiger partial charge < -0.3 is 15.2 Å². The van der Waals surface area contributed by atoms with Gasteiger partial charge in [-0.25, -0.2) is 14.8 Å². The van der Waals surface area contributed by atoms with Crippen LogP contribution in [0.5, 0.6) is 0 Å². The average Bonchev–Trinajstić information content (AvgIpc) is 2.64. The summed E-state index contributed by atoms with van der Waals surface area (Å²) in [6.45, 7) is 2.32. The van der Waals surface area contributed by atoms with Crippen molar-refractivity contribution in [1.29, 1.82) is 0 Å². The van der Waals surface area contributed by atoms with Gasteiger partial charge in [-0.3, -0.25) is 0 Å². The zero-order chi connectivity index (χ0) is 17.6. The number of rotatable bonds is 6. The second kappa shape index (κ2) is 7.72. The van der Waals surface area contributed by atoms with Crippen LogP contribution in [-0.2, 0) is 11.3 Å². The number of nitrogens with zero attached hydrogens (tertiary/aromatic N) is 2. The van der Waals surface area contributed by atoms with Gasteiger partial charge in [-0.1, -0.05) is 30.3 Å². The molecule has 3 rings (SSSR count). The Morgan fingerprint density at radius 2 is 2.00 bits per heavy atom. The number of aliphatic hydroxyl groups is 1. The second-order valence-corrected chi connectivity index (χ2v) is 5.58. The maximum atomic E-state index is 12.5. The monoisotopic (exact) mass is 337 g/mol. The number of carbonyl (C=O) groups is 1. The molecule has 128 valence electrons. The van der Waals surface area contributed by atoms with E-state index in [-0.39, 0.29) is 13.2 Å². The Balaban J connectivity index is 1.90. The molecule has 0 bridgehead atoms. The number of nitrogens with one attached hydrogen (secondary N) is 1. The van der Waals surface area contributed by atoms with Crippen molar-refractivity contribution in [2.45, 2.75) is 13.5 Å². The van der Waals surface area contributed by atoms with E-state index in [0.29, 0.717) is 28.8 Å². The third-order valence-electron chi connectivity index (χ3n) is 3.72. The first-order valence-electron chi connectivity index (χ1n) is 8.01. The minimum atomic E-state index is -0.473. The van der Waals surface area contributed by atoms with Crippen LogP contribution in [0, 0.1) is 6.92 Å². The van der Waals surface area contributed by atoms with Crippen LogP contribution in [0.1, 0.15) is 21.6 Å². The van der Waals surface area contributed by atoms with Crippen LogP contribution in [-0.4, -0.2) is 34.2 Å². The van der Waals surface area contributed by atoms with E-state index in [0.717, 1.165) is 11.3 Å². The standard InChI is InChI=1S/C19H19N3O3/c1-13-7-8-15-17(20-9-10-23)16(11-21-18(15)22-13)19(24)25-12-14-5-3-2-4-6-14/h2-8,11,23H,9-10,12H2,1H3,(H,20,21,22). The largest absolute Gasteiger partial charge is 0.457 e. The lowest BCUT2D eigenvalue weighted by Gasteiger charge is -2.13. The molecule has 0 aliphatic carbocycles. The number of pyridine rings is 2. The average molecular weight is 337 g/mol. The highest BCUT2D eigenvalue weighted by Crippen LogP contribution is 2.26. The van der Waals surface area contributed by atoms with Crippen LogP contribution in [0.4, 0.5) is 5.69 Å². The number of benzene rings is 1. The third-order valence-corrected chi connectivity index (χ3v) is 3.72. The van der Waals surface area contributed by atoms with E-state index in [1.54, 1.807) is 0 Å². The number of anilines is 1. The van der Waals surface area contributed by atoms with Crippen LogP contribution >= 0.6 is 0 Å². The first-order chi connectivity index (χ1) is 12.2. The molecule has 1 aromatic carbocycles. The Hall–Kier alpha value is -2.99. The quantitative estimate of drug-likeness (QED) is 0.673. The molecule has 0 atom stereocenters. The minimum absolute atomic E-state index is 0.0540. The van der Waals surface area contributed by atoms with Crippen LogP contribution in [0.15, 0.2) is 48.7 Å². The molecule has 25 heavy (non-hydrogen) atoms. The van der Waals surface area contributed by atoms with Crippen molar-refractivity contribution in [2.24, 2.45) is 0 Å². The van der Waals surface area contributed by atoms with E-state index in [1.807, 2.05) is 49.4 Å². The molecule has 0 radical (unpaired) electrons. The normalized spacial score (nSPS) is 10.6. The first-order valence-corrected chi connectivity index (χ1v) is 8.01. The molecule has 6 heteroatoms. The summed E-state index contributed by atoms with van der Waals surface area (Å²) in [6, 6.07) is 13.2. The molecule has 3 aromatic rings. The lowest BCUT2D eigenvalue weighted by Crippen LogP contribution is -2.13. The summed E-state index contributed by atoms with van der Waals surface area (Å²) in [5.74, 6) is -0.473. The van der Waals surface area contributed by atoms with Crippen LogP contribution < -0.4 is 5.32 Å². The fourth-order valence-corrected chi connectivity index (χ4v) is 2.50. The number of aromatic nitrogens is 2. The van der Waals surface area contributed by atoms with E-state index in [9.17, 15) is 4.79 Å². The Bertz CT molecular complexity index is 882. The van der Waals surface area contributed by atoms with Crippen molar-refractivity contribution >= 4 is 22.7 Å². The van der Waals surface area contributed by atoms with Crippen LogP contribution in [0.2, 0.25) is 0 Å². The zero-order valence-electron chi connectivity index (χ0n) is 13.9. The topological polar surface area (TPSA) is 84.3 Å². The lowest BCUT2D eigenvalue weighted by molar-refractivity contribution is 0.0473. The highest BCUT2D eigenvalue weighted by molar-refractivity contribution is 6.04. The molecule has 0 saturated heterocycles. The molecule has 0 aliphatic rings. The van der Waals surface area contributed by atoms with Gasteiger partial charge in [0.15, 0.2) is 5.65 Å². The Morgan fingerprint density at radius 1 is 1.20 bits per heavy atom. The molecule has 0 aliphatic heterocycles. The van der Waals surface area contributed by atoms with E-state index < -0.39 is 5.97 Å². The number of aryl methyl sites for hydroxylation is 1. The molecule has 0 fully saturated rings. The molecule has 0 saturated carbocycles. The predicted molar refractivity (Wildman–Crippen MR) is 95.4 cm³/mol. The van der Waals surface area contributed by atoms with Gasteiger partial charge in [0, 0.05) is 23.8 Å². The zero-order valence-corrected chi connectivity index (χ0v) is 13.9. The Labute approximate surface area is 145 Å². The number of ether oxygens (including phenoxy) is 1. The number of esters is 1. The highest BCUT2D eigenvalue weighted by atomic mass is 16.5. The molecule has 6 nitrogen and oxygen atoms in total. The molecule has 2 N–H and O–H groups in total. The fourth-order valence-electron chi connectivity index (χ4n) is 2.50. The van der Waals surface area contributed by atoms with Crippen molar-refractivity contribution in [1.82, 2.24) is 9.97 Å². The number of hydrogen-bond donors (Lipinski definition) is 2. The summed E-state index contributed by atoms with van der Waals surface area (Å²) < 4.78 is 5.41. The summed E-state index contributed by atoms with van der Waals surface area (Å²) in [5.41, 5.74) is 3.19. The van der Waals surface area contributed by atoms with Gasteiger partial charge in [0.2, 0.25) is 0 Å². The van der Waals surface area contributed by atoms with Gasteiger partial charge in [0.05, 0.1) is 12.3 Å². The van der Waals surface area contributed by atoms with Crippen molar-refractivity contribution in [3.8, 4) is 0 Å². The maximum Gasteiger partial charge on any atom is 0.342 e. The van der Waals surface area contributed by atoms with Crippen molar-refractivity contribution in [3.63, 3.8) is 0 Å². The molecule has 2 heterocycles. The predicted octanol–water partition coefficient (Wildman–Crippen LogP) is 2.70. The number of carbonyl (C=O) groups excluding carboxylic acids is 1. The highest BCUT2D eigenvalue weighted by Gasteiger charge is 2.17. The van der Waals surface area contributed by atoms with E-state index in [4.69, 9.17) is 9.84 Å². The third kappa shape index (κ3) is 3.92. The summed E-state index contributed by atoms with van der Waals surface area (Å²) in [5, 5.41) is 12.9. The SMILES string of the molecule is Cc1ccc2c(NCCO)c(C(=O)OCc3ccccc3)cnc2n1. The fraction of sp³-hybridized carbons (Fsp3) is 0.211. The van der Waals surface area contributed by atoms with Crippen LogP contribution in [0.25, 0.3) is 11.0 Å². The maximum absolute atomic E-state index is 12.5. The van der Waals surface area contributed by atoms with Gasteiger partial charge >= 0.3 is 5.97 Å². The molecular weight excluding hydrogens is 318 g/mol.